The van der Waals surface area contributed by atoms with Gasteiger partial charge in [-0.1, -0.05) is 0 Å². The molecule has 2 rings (SSSR count). The molecule has 0 fully saturated rings. The van der Waals surface area contributed by atoms with Crippen molar-refractivity contribution in [2.24, 2.45) is 0 Å². The second-order valence-electron chi connectivity index (χ2n) is 2.32. The van der Waals surface area contributed by atoms with Crippen LogP contribution in [0.2, 0.25) is 0 Å². The zero-order valence-corrected chi connectivity index (χ0v) is 8.42. The average molecular weight is 261 g/mol. The van der Waals surface area contributed by atoms with Gasteiger partial charge in [-0.05, 0) is 21.4 Å². The summed E-state index contributed by atoms with van der Waals surface area (Å²) >= 11 is 3.73. The summed E-state index contributed by atoms with van der Waals surface area (Å²) in [6, 6.07) is 0. The van der Waals surface area contributed by atoms with Crippen molar-refractivity contribution in [1.29, 1.82) is 0 Å². The fourth-order valence-electron chi connectivity index (χ4n) is 0.932. The van der Waals surface area contributed by atoms with E-state index in [9.17, 15) is 8.78 Å². The Kier molecular flexibility index (Phi) is 2.07. The van der Waals surface area contributed by atoms with Gasteiger partial charge in [-0.3, -0.25) is 0 Å². The Labute approximate surface area is 85.8 Å². The van der Waals surface area contributed by atoms with Crippen LogP contribution in [0.25, 0.3) is 11.0 Å². The Balaban J connectivity index is 3.02. The lowest BCUT2D eigenvalue weighted by Gasteiger charge is -2.01. The van der Waals surface area contributed by atoms with Gasteiger partial charge in [0.2, 0.25) is 0 Å². The molecule has 0 aliphatic heterocycles. The Bertz CT molecular complexity index is 445. The van der Waals surface area contributed by atoms with Gasteiger partial charge in [0.1, 0.15) is 18.9 Å². The Hall–Kier alpha value is -0.555. The molecule has 0 unspecified atom stereocenters. The molecule has 0 bridgehead atoms. The predicted octanol–water partition coefficient (Wildman–Crippen LogP) is 1.53. The van der Waals surface area contributed by atoms with Crippen molar-refractivity contribution in [2.75, 3.05) is 0 Å². The molecule has 0 amide bonds. The van der Waals surface area contributed by atoms with Gasteiger partial charge in [0.15, 0.2) is 11.6 Å². The summed E-state index contributed by atoms with van der Waals surface area (Å²) in [5.41, 5.74) is 0.140. The van der Waals surface area contributed by atoms with E-state index in [2.05, 4.69) is 24.7 Å². The lowest BCUT2D eigenvalue weighted by molar-refractivity contribution is 0.511. The van der Waals surface area contributed by atoms with Crippen LogP contribution >= 0.6 is 27.7 Å². The van der Waals surface area contributed by atoms with E-state index in [4.69, 9.17) is 7.85 Å². The molecule has 2 nitrogen and oxygen atoms in total. The molecule has 1 heterocycles. The highest BCUT2D eigenvalue weighted by atomic mass is 79.9. The van der Waals surface area contributed by atoms with Crippen molar-refractivity contribution in [1.82, 2.24) is 8.75 Å². The molecule has 0 saturated carbocycles. The third-order valence-electron chi connectivity index (χ3n) is 1.57. The number of benzene rings is 1. The van der Waals surface area contributed by atoms with E-state index in [0.29, 0.717) is 0 Å². The third-order valence-corrected chi connectivity index (χ3v) is 2.83. The van der Waals surface area contributed by atoms with E-state index in [1.54, 1.807) is 0 Å². The maximum atomic E-state index is 13.0. The van der Waals surface area contributed by atoms with Crippen molar-refractivity contribution in [3.63, 3.8) is 0 Å². The van der Waals surface area contributed by atoms with Crippen LogP contribution in [-0.4, -0.2) is 16.6 Å². The highest BCUT2D eigenvalue weighted by molar-refractivity contribution is 9.10. The van der Waals surface area contributed by atoms with E-state index < -0.39 is 11.6 Å². The first-order valence-electron chi connectivity index (χ1n) is 3.17. The number of hydrogen-bond acceptors (Lipinski definition) is 3. The lowest BCUT2D eigenvalue weighted by atomic mass is 9.94. The fraction of sp³-hybridized carbons (Fsp3) is 0. The summed E-state index contributed by atoms with van der Waals surface area (Å²) in [7, 11) is 5.30. The van der Waals surface area contributed by atoms with Crippen molar-refractivity contribution < 1.29 is 8.78 Å². The van der Waals surface area contributed by atoms with Crippen LogP contribution in [0.15, 0.2) is 4.47 Å². The monoisotopic (exact) mass is 260 g/mol. The van der Waals surface area contributed by atoms with Gasteiger partial charge in [0.25, 0.3) is 0 Å². The second kappa shape index (κ2) is 2.99. The van der Waals surface area contributed by atoms with E-state index in [0.717, 1.165) is 11.7 Å². The van der Waals surface area contributed by atoms with Gasteiger partial charge < -0.3 is 0 Å². The molecule has 1 aromatic heterocycles. The van der Waals surface area contributed by atoms with Crippen LogP contribution in [0.3, 0.4) is 0 Å². The van der Waals surface area contributed by atoms with E-state index in [1.165, 1.54) is 0 Å². The minimum atomic E-state index is -1.09. The topological polar surface area (TPSA) is 25.8 Å². The van der Waals surface area contributed by atoms with Gasteiger partial charge in [-0.2, -0.15) is 8.75 Å². The van der Waals surface area contributed by atoms with Crippen molar-refractivity contribution in [3.8, 4) is 0 Å². The van der Waals surface area contributed by atoms with Crippen molar-refractivity contribution in [2.45, 2.75) is 0 Å². The summed E-state index contributed by atoms with van der Waals surface area (Å²) in [6.07, 6.45) is 0. The number of halogens is 3. The quantitative estimate of drug-likeness (QED) is 0.530. The smallest absolute Gasteiger partial charge is 0.174 e. The summed E-state index contributed by atoms with van der Waals surface area (Å²) < 4.78 is 33.5. The third kappa shape index (κ3) is 1.18. The molecule has 64 valence electrons. The molecule has 0 aliphatic carbocycles. The molecule has 2 aromatic rings. The zero-order chi connectivity index (χ0) is 9.59. The summed E-state index contributed by atoms with van der Waals surface area (Å²) in [6.45, 7) is 0. The number of rotatable bonds is 0. The highest BCUT2D eigenvalue weighted by Gasteiger charge is 2.17. The maximum absolute atomic E-state index is 13.0. The Morgan fingerprint density at radius 3 is 2.46 bits per heavy atom. The molecule has 1 aromatic carbocycles. The SMILES string of the molecule is [B]c1c(F)c(F)c(Br)c2nsnc12. The zero-order valence-electron chi connectivity index (χ0n) is 6.01. The maximum Gasteiger partial charge on any atom is 0.174 e. The molecule has 7 heteroatoms. The molecule has 0 atom stereocenters. The van der Waals surface area contributed by atoms with Gasteiger partial charge in [-0.25, -0.2) is 8.78 Å². The fourth-order valence-corrected chi connectivity index (χ4v) is 2.07. The molecule has 0 saturated heterocycles. The number of nitrogens with zero attached hydrogens (tertiary/aromatic N) is 2. The second-order valence-corrected chi connectivity index (χ2v) is 3.64. The van der Waals surface area contributed by atoms with Crippen LogP contribution in [-0.2, 0) is 0 Å². The predicted molar refractivity (Wildman–Crippen MR) is 50.4 cm³/mol. The molecule has 0 N–H and O–H groups in total. The van der Waals surface area contributed by atoms with Gasteiger partial charge in [0, 0.05) is 0 Å². The Morgan fingerprint density at radius 2 is 1.77 bits per heavy atom. The molecule has 0 aliphatic rings. The van der Waals surface area contributed by atoms with Gasteiger partial charge in [0.05, 0.1) is 16.2 Å². The van der Waals surface area contributed by atoms with Gasteiger partial charge in [-0.15, -0.1) is 0 Å². The van der Waals surface area contributed by atoms with Crippen LogP contribution < -0.4 is 5.46 Å². The largest absolute Gasteiger partial charge is 0.204 e. The molecular weight excluding hydrogens is 261 g/mol. The first-order chi connectivity index (χ1) is 6.13. The van der Waals surface area contributed by atoms with E-state index >= 15 is 0 Å². The number of fused-ring (bicyclic) bond motifs is 1. The summed E-state index contributed by atoms with van der Waals surface area (Å²) in [5, 5.41) is 0. The van der Waals surface area contributed by atoms with Crippen LogP contribution in [0.1, 0.15) is 0 Å². The van der Waals surface area contributed by atoms with Crippen LogP contribution in [0.4, 0.5) is 8.78 Å². The molecule has 2 radical (unpaired) electrons. The molecule has 0 spiro atoms. The standard InChI is InChI=1S/C6BBrF2N2S/c7-1-3(9)4(10)2(8)6-5(1)11-13-12-6. The minimum Gasteiger partial charge on any atom is -0.204 e. The van der Waals surface area contributed by atoms with Crippen LogP contribution in [0, 0.1) is 11.6 Å². The normalized spacial score (nSPS) is 11.0. The first kappa shape index (κ1) is 9.02. The Morgan fingerprint density at radius 1 is 1.15 bits per heavy atom. The highest BCUT2D eigenvalue weighted by Crippen LogP contribution is 2.25. The van der Waals surface area contributed by atoms with Gasteiger partial charge >= 0.3 is 0 Å². The summed E-state index contributed by atoms with van der Waals surface area (Å²) in [4.78, 5) is 0. The lowest BCUT2D eigenvalue weighted by Crippen LogP contribution is -2.13. The molecule has 13 heavy (non-hydrogen) atoms. The van der Waals surface area contributed by atoms with Crippen LogP contribution in [0.5, 0.6) is 0 Å². The van der Waals surface area contributed by atoms with E-state index in [1.807, 2.05) is 0 Å². The van der Waals surface area contributed by atoms with Crippen molar-refractivity contribution in [3.05, 3.63) is 16.1 Å². The number of aromatic nitrogens is 2. The number of hydrogen-bond donors (Lipinski definition) is 0. The average Bonchev–Trinajstić information content (AvgIpc) is 2.59. The van der Waals surface area contributed by atoms with Crippen molar-refractivity contribution >= 4 is 52.0 Å². The first-order valence-corrected chi connectivity index (χ1v) is 4.69. The minimum absolute atomic E-state index is 0.0389. The molecular formula is C6BBrF2N2S. The van der Waals surface area contributed by atoms with E-state index in [-0.39, 0.29) is 21.0 Å². The summed E-state index contributed by atoms with van der Waals surface area (Å²) in [5.74, 6) is -2.12.